The Hall–Kier alpha value is -2.78. The second kappa shape index (κ2) is 12.6. The van der Waals surface area contributed by atoms with E-state index in [-0.39, 0.29) is 29.6 Å². The van der Waals surface area contributed by atoms with Gasteiger partial charge in [0.2, 0.25) is 21.8 Å². The number of likely N-dealkylation sites (N-methyl/N-ethyl adjacent to an activating group) is 1. The van der Waals surface area contributed by atoms with Gasteiger partial charge in [-0.05, 0) is 41.5 Å². The Morgan fingerprint density at radius 2 is 1.51 bits per heavy atom. The first-order valence-corrected chi connectivity index (χ1v) is 14.2. The Kier molecular flexibility index (Phi) is 9.84. The Morgan fingerprint density at radius 1 is 0.892 bits per heavy atom. The third kappa shape index (κ3) is 7.85. The van der Waals surface area contributed by atoms with Gasteiger partial charge in [0.05, 0.1) is 17.0 Å². The van der Waals surface area contributed by atoms with Gasteiger partial charge in [0, 0.05) is 30.1 Å². The van der Waals surface area contributed by atoms with Crippen LogP contribution in [0.5, 0.6) is 0 Å². The van der Waals surface area contributed by atoms with E-state index >= 15 is 0 Å². The number of hydrogen-bond donors (Lipinski definition) is 1. The monoisotopic (exact) mass is 581 g/mol. The van der Waals surface area contributed by atoms with Gasteiger partial charge in [-0.3, -0.25) is 13.9 Å². The van der Waals surface area contributed by atoms with Crippen LogP contribution in [0.25, 0.3) is 0 Å². The Morgan fingerprint density at radius 3 is 2.08 bits per heavy atom. The molecular weight excluding hydrogens is 557 g/mol. The van der Waals surface area contributed by atoms with E-state index in [1.807, 2.05) is 30.3 Å². The number of rotatable bonds is 10. The van der Waals surface area contributed by atoms with Gasteiger partial charge in [-0.25, -0.2) is 8.42 Å². The molecule has 11 heteroatoms. The first-order chi connectivity index (χ1) is 17.5. The van der Waals surface area contributed by atoms with E-state index in [4.69, 9.17) is 34.8 Å². The molecule has 196 valence electrons. The largest absolute Gasteiger partial charge is 0.357 e. The minimum Gasteiger partial charge on any atom is -0.357 e. The number of amides is 2. The summed E-state index contributed by atoms with van der Waals surface area (Å²) < 4.78 is 26.4. The van der Waals surface area contributed by atoms with Crippen LogP contribution in [0.2, 0.25) is 15.1 Å². The predicted molar refractivity (Wildman–Crippen MR) is 149 cm³/mol. The lowest BCUT2D eigenvalue weighted by Crippen LogP contribution is -2.52. The molecule has 0 radical (unpaired) electrons. The molecule has 2 amide bonds. The van der Waals surface area contributed by atoms with Crippen LogP contribution in [0.15, 0.2) is 72.8 Å². The summed E-state index contributed by atoms with van der Waals surface area (Å²) >= 11 is 18.3. The average Bonchev–Trinajstić information content (AvgIpc) is 2.85. The van der Waals surface area contributed by atoms with Crippen LogP contribution in [0.4, 0.5) is 5.69 Å². The molecule has 0 aliphatic rings. The third-order valence-corrected chi connectivity index (χ3v) is 7.56. The normalized spacial score (nSPS) is 12.0. The Labute approximate surface area is 232 Å². The average molecular weight is 583 g/mol. The summed E-state index contributed by atoms with van der Waals surface area (Å²) in [7, 11) is -2.44. The number of halogens is 3. The van der Waals surface area contributed by atoms with Gasteiger partial charge in [-0.1, -0.05) is 77.3 Å². The summed E-state index contributed by atoms with van der Waals surface area (Å²) in [5.74, 6) is -0.975. The molecule has 0 aromatic heterocycles. The quantitative estimate of drug-likeness (QED) is 0.372. The topological polar surface area (TPSA) is 86.8 Å². The van der Waals surface area contributed by atoms with Crippen molar-refractivity contribution in [3.05, 3.63) is 99.0 Å². The van der Waals surface area contributed by atoms with Crippen molar-refractivity contribution in [3.8, 4) is 0 Å². The summed E-state index contributed by atoms with van der Waals surface area (Å²) in [6.45, 7) is -0.525. The zero-order valence-corrected chi connectivity index (χ0v) is 23.3. The molecule has 0 fully saturated rings. The second-order valence-corrected chi connectivity index (χ2v) is 11.5. The lowest BCUT2D eigenvalue weighted by atomic mass is 10.0. The maximum Gasteiger partial charge on any atom is 0.244 e. The minimum atomic E-state index is -3.93. The van der Waals surface area contributed by atoms with E-state index in [1.54, 1.807) is 24.3 Å². The van der Waals surface area contributed by atoms with Crippen LogP contribution in [-0.4, -0.2) is 51.0 Å². The molecule has 0 aliphatic carbocycles. The van der Waals surface area contributed by atoms with Crippen molar-refractivity contribution in [1.29, 1.82) is 0 Å². The summed E-state index contributed by atoms with van der Waals surface area (Å²) in [5.41, 5.74) is 1.66. The third-order valence-electron chi connectivity index (χ3n) is 5.64. The van der Waals surface area contributed by atoms with Crippen LogP contribution < -0.4 is 9.62 Å². The molecule has 0 bridgehead atoms. The van der Waals surface area contributed by atoms with Gasteiger partial charge in [-0.15, -0.1) is 0 Å². The zero-order chi connectivity index (χ0) is 27.2. The highest BCUT2D eigenvalue weighted by molar-refractivity contribution is 7.92. The highest BCUT2D eigenvalue weighted by Crippen LogP contribution is 2.30. The van der Waals surface area contributed by atoms with E-state index < -0.39 is 28.5 Å². The fourth-order valence-corrected chi connectivity index (χ4v) is 5.33. The summed E-state index contributed by atoms with van der Waals surface area (Å²) in [5, 5.41) is 3.54. The molecule has 0 saturated carbocycles. The molecule has 37 heavy (non-hydrogen) atoms. The summed E-state index contributed by atoms with van der Waals surface area (Å²) in [6, 6.07) is 19.5. The number of nitrogens with zero attached hydrogens (tertiary/aromatic N) is 2. The Bertz CT molecular complexity index is 1350. The van der Waals surface area contributed by atoms with Crippen molar-refractivity contribution in [3.63, 3.8) is 0 Å². The standard InChI is InChI=1S/C26H26Cl3N3O4S/c1-30-26(34)24(14-18-6-4-3-5-7-18)31(16-19-8-10-20(27)11-9-19)25(33)17-32(37(2,35)36)23-13-12-21(28)15-22(23)29/h3-13,15,24H,14,16-17H2,1-2H3,(H,30,34)/t24-/m0/s1. The molecular formula is C26H26Cl3N3O4S. The molecule has 3 rings (SSSR count). The smallest absolute Gasteiger partial charge is 0.244 e. The zero-order valence-electron chi connectivity index (χ0n) is 20.2. The number of carbonyl (C=O) groups is 2. The van der Waals surface area contributed by atoms with Crippen molar-refractivity contribution in [2.24, 2.45) is 0 Å². The lowest BCUT2D eigenvalue weighted by molar-refractivity contribution is -0.139. The van der Waals surface area contributed by atoms with Gasteiger partial charge in [0.15, 0.2) is 0 Å². The maximum absolute atomic E-state index is 13.8. The molecule has 3 aromatic rings. The fourth-order valence-electron chi connectivity index (χ4n) is 3.79. The number of carbonyl (C=O) groups excluding carboxylic acids is 2. The van der Waals surface area contributed by atoms with E-state index in [0.29, 0.717) is 10.0 Å². The van der Waals surface area contributed by atoms with Crippen molar-refractivity contribution >= 4 is 62.3 Å². The van der Waals surface area contributed by atoms with E-state index in [0.717, 1.165) is 21.7 Å². The van der Waals surface area contributed by atoms with Crippen LogP contribution in [-0.2, 0) is 32.6 Å². The van der Waals surface area contributed by atoms with Crippen molar-refractivity contribution in [2.45, 2.75) is 19.0 Å². The lowest BCUT2D eigenvalue weighted by Gasteiger charge is -2.33. The van der Waals surface area contributed by atoms with Gasteiger partial charge >= 0.3 is 0 Å². The Balaban J connectivity index is 2.04. The first kappa shape index (κ1) is 28.8. The first-order valence-electron chi connectivity index (χ1n) is 11.2. The maximum atomic E-state index is 13.8. The highest BCUT2D eigenvalue weighted by Gasteiger charge is 2.33. The summed E-state index contributed by atoms with van der Waals surface area (Å²) in [6.07, 6.45) is 1.20. The SMILES string of the molecule is CNC(=O)[C@H](Cc1ccccc1)N(Cc1ccc(Cl)cc1)C(=O)CN(c1ccc(Cl)cc1Cl)S(C)(=O)=O. The van der Waals surface area contributed by atoms with Gasteiger partial charge in [0.1, 0.15) is 12.6 Å². The molecule has 7 nitrogen and oxygen atoms in total. The molecule has 3 aromatic carbocycles. The predicted octanol–water partition coefficient (Wildman–Crippen LogP) is 4.80. The fraction of sp³-hybridized carbons (Fsp3) is 0.231. The number of anilines is 1. The molecule has 0 spiro atoms. The number of nitrogens with one attached hydrogen (secondary N) is 1. The number of benzene rings is 3. The van der Waals surface area contributed by atoms with Crippen LogP contribution in [0.1, 0.15) is 11.1 Å². The van der Waals surface area contributed by atoms with E-state index in [1.165, 1.54) is 30.1 Å². The van der Waals surface area contributed by atoms with Gasteiger partial charge < -0.3 is 10.2 Å². The van der Waals surface area contributed by atoms with Gasteiger partial charge in [-0.2, -0.15) is 0 Å². The van der Waals surface area contributed by atoms with Crippen molar-refractivity contribution in [2.75, 3.05) is 24.2 Å². The molecule has 0 heterocycles. The van der Waals surface area contributed by atoms with Crippen molar-refractivity contribution in [1.82, 2.24) is 10.2 Å². The van der Waals surface area contributed by atoms with Crippen molar-refractivity contribution < 1.29 is 18.0 Å². The molecule has 0 aliphatic heterocycles. The van der Waals surface area contributed by atoms with Crippen LogP contribution >= 0.6 is 34.8 Å². The number of sulfonamides is 1. The highest BCUT2D eigenvalue weighted by atomic mass is 35.5. The van der Waals surface area contributed by atoms with Crippen LogP contribution in [0.3, 0.4) is 0 Å². The van der Waals surface area contributed by atoms with Gasteiger partial charge in [0.25, 0.3) is 0 Å². The van der Waals surface area contributed by atoms with Crippen LogP contribution in [0, 0.1) is 0 Å². The molecule has 1 N–H and O–H groups in total. The van der Waals surface area contributed by atoms with E-state index in [9.17, 15) is 18.0 Å². The molecule has 0 saturated heterocycles. The molecule has 0 unspecified atom stereocenters. The number of hydrogen-bond acceptors (Lipinski definition) is 4. The summed E-state index contributed by atoms with van der Waals surface area (Å²) in [4.78, 5) is 28.2. The van der Waals surface area contributed by atoms with E-state index in [2.05, 4.69) is 5.32 Å². The second-order valence-electron chi connectivity index (χ2n) is 8.33. The molecule has 1 atom stereocenters. The minimum absolute atomic E-state index is 0.0485.